The van der Waals surface area contributed by atoms with Gasteiger partial charge in [0.25, 0.3) is 0 Å². The van der Waals surface area contributed by atoms with Gasteiger partial charge < -0.3 is 4.90 Å². The molecule has 0 rings (SSSR count). The van der Waals surface area contributed by atoms with Gasteiger partial charge in [-0.05, 0) is 33.4 Å². The zero-order valence-corrected chi connectivity index (χ0v) is 15.9. The Morgan fingerprint density at radius 1 is 0.818 bits per heavy atom. The lowest BCUT2D eigenvalue weighted by molar-refractivity contribution is -0.134. The summed E-state index contributed by atoms with van der Waals surface area (Å²) < 4.78 is 0. The van der Waals surface area contributed by atoms with E-state index in [1.807, 2.05) is 0 Å². The highest BCUT2D eigenvalue weighted by Gasteiger charge is 2.19. The van der Waals surface area contributed by atoms with Crippen LogP contribution in [0, 0.1) is 0 Å². The van der Waals surface area contributed by atoms with Crippen molar-refractivity contribution in [2.24, 2.45) is 0 Å². The van der Waals surface area contributed by atoms with E-state index in [2.05, 4.69) is 44.4 Å². The Morgan fingerprint density at radius 3 is 1.86 bits per heavy atom. The topological polar surface area (TPSA) is 23.6 Å². The normalized spacial score (nSPS) is 12.6. The van der Waals surface area contributed by atoms with Crippen LogP contribution in [0.4, 0.5) is 0 Å². The summed E-state index contributed by atoms with van der Waals surface area (Å²) in [6.07, 6.45) is 10.5. The quantitative estimate of drug-likeness (QED) is 0.434. The van der Waals surface area contributed by atoms with E-state index in [9.17, 15) is 4.79 Å². The highest BCUT2D eigenvalue weighted by atomic mass is 16.2. The lowest BCUT2D eigenvalue weighted by Gasteiger charge is -2.30. The van der Waals surface area contributed by atoms with Gasteiger partial charge in [-0.15, -0.1) is 0 Å². The molecule has 0 aliphatic heterocycles. The molecule has 22 heavy (non-hydrogen) atoms. The molecule has 0 unspecified atom stereocenters. The van der Waals surface area contributed by atoms with Crippen molar-refractivity contribution in [1.82, 2.24) is 9.80 Å². The van der Waals surface area contributed by atoms with Gasteiger partial charge >= 0.3 is 0 Å². The average Bonchev–Trinajstić information content (AvgIpc) is 2.52. The maximum absolute atomic E-state index is 12.4. The molecule has 0 aliphatic carbocycles. The predicted octanol–water partition coefficient (Wildman–Crippen LogP) is 4.71. The molecule has 0 saturated carbocycles. The summed E-state index contributed by atoms with van der Waals surface area (Å²) in [5, 5.41) is 0. The Kier molecular flexibility index (Phi) is 13.7. The van der Waals surface area contributed by atoms with E-state index in [-0.39, 0.29) is 0 Å². The van der Waals surface area contributed by atoms with Crippen LogP contribution in [0.25, 0.3) is 0 Å². The summed E-state index contributed by atoms with van der Waals surface area (Å²) in [5.41, 5.74) is 0. The second-order valence-corrected chi connectivity index (χ2v) is 6.40. The summed E-state index contributed by atoms with van der Waals surface area (Å²) in [4.78, 5) is 16.7. The highest BCUT2D eigenvalue weighted by Crippen LogP contribution is 2.13. The second kappa shape index (κ2) is 14.0. The molecule has 3 nitrogen and oxygen atoms in total. The second-order valence-electron chi connectivity index (χ2n) is 6.40. The largest absolute Gasteiger partial charge is 0.339 e. The molecule has 0 aromatic rings. The van der Waals surface area contributed by atoms with E-state index in [1.54, 1.807) is 0 Å². The van der Waals surface area contributed by atoms with Crippen molar-refractivity contribution < 1.29 is 4.79 Å². The number of hydrogen-bond donors (Lipinski definition) is 0. The van der Waals surface area contributed by atoms with E-state index in [0.29, 0.717) is 18.5 Å². The highest BCUT2D eigenvalue weighted by molar-refractivity contribution is 5.78. The maximum Gasteiger partial charge on any atom is 0.236 e. The molecular weight excluding hydrogens is 272 g/mol. The number of rotatable bonds is 14. The Bertz CT molecular complexity index is 264. The molecule has 0 saturated heterocycles. The molecule has 132 valence electrons. The first kappa shape index (κ1) is 21.4. The van der Waals surface area contributed by atoms with E-state index < -0.39 is 0 Å². The minimum absolute atomic E-state index is 0.293. The summed E-state index contributed by atoms with van der Waals surface area (Å²) in [6, 6.07) is 0.378. The van der Waals surface area contributed by atoms with Crippen LogP contribution < -0.4 is 0 Å². The third kappa shape index (κ3) is 9.45. The molecule has 0 heterocycles. The Labute approximate surface area is 139 Å². The average molecular weight is 313 g/mol. The number of carbonyl (C=O) groups excluding carboxylic acids is 1. The molecule has 1 amide bonds. The van der Waals surface area contributed by atoms with Crippen LogP contribution in [0.5, 0.6) is 0 Å². The van der Waals surface area contributed by atoms with Crippen molar-refractivity contribution in [3.63, 3.8) is 0 Å². The van der Waals surface area contributed by atoms with Crippen LogP contribution in [0.1, 0.15) is 86.0 Å². The van der Waals surface area contributed by atoms with Crippen molar-refractivity contribution in [3.05, 3.63) is 0 Å². The van der Waals surface area contributed by atoms with Crippen molar-refractivity contribution in [1.29, 1.82) is 0 Å². The third-order valence-electron chi connectivity index (χ3n) is 4.67. The number of unbranched alkanes of at least 4 members (excludes halogenated alkanes) is 6. The monoisotopic (exact) mass is 312 g/mol. The van der Waals surface area contributed by atoms with Crippen LogP contribution in [0.2, 0.25) is 0 Å². The minimum atomic E-state index is 0.293. The molecule has 3 heteroatoms. The van der Waals surface area contributed by atoms with Crippen LogP contribution in [-0.4, -0.2) is 47.9 Å². The molecule has 0 aliphatic rings. The fourth-order valence-electron chi connectivity index (χ4n) is 3.02. The number of likely N-dealkylation sites (N-methyl/N-ethyl adjacent to an activating group) is 2. The Morgan fingerprint density at radius 2 is 1.36 bits per heavy atom. The van der Waals surface area contributed by atoms with Gasteiger partial charge in [-0.3, -0.25) is 9.69 Å². The van der Waals surface area contributed by atoms with E-state index in [1.165, 1.54) is 44.9 Å². The number of nitrogens with zero attached hydrogens (tertiary/aromatic N) is 2. The minimum Gasteiger partial charge on any atom is -0.339 e. The summed E-state index contributed by atoms with van der Waals surface area (Å²) >= 11 is 0. The molecular formula is C19H40N2O. The van der Waals surface area contributed by atoms with Gasteiger partial charge in [0.1, 0.15) is 0 Å². The fraction of sp³-hybridized carbons (Fsp3) is 0.947. The van der Waals surface area contributed by atoms with Crippen LogP contribution in [0.3, 0.4) is 0 Å². The van der Waals surface area contributed by atoms with Gasteiger partial charge in [0.2, 0.25) is 5.91 Å². The molecule has 0 N–H and O–H groups in total. The SMILES string of the molecule is CCCCCCCCC[C@H](C)N(CC)C(=O)CN(CC)CC. The van der Waals surface area contributed by atoms with Crippen LogP contribution in [-0.2, 0) is 4.79 Å². The molecule has 0 aromatic heterocycles. The first-order valence-corrected chi connectivity index (χ1v) is 9.62. The van der Waals surface area contributed by atoms with Gasteiger partial charge in [-0.1, -0.05) is 65.7 Å². The van der Waals surface area contributed by atoms with Gasteiger partial charge in [0.15, 0.2) is 0 Å². The molecule has 1 atom stereocenters. The van der Waals surface area contributed by atoms with Crippen LogP contribution >= 0.6 is 0 Å². The third-order valence-corrected chi connectivity index (χ3v) is 4.67. The molecule has 0 radical (unpaired) electrons. The summed E-state index contributed by atoms with van der Waals surface area (Å²) in [5.74, 6) is 0.293. The number of carbonyl (C=O) groups is 1. The standard InChI is InChI=1S/C19H40N2O/c1-6-10-11-12-13-14-15-16-18(5)21(9-4)19(22)17-20(7-2)8-3/h18H,6-17H2,1-5H3/t18-/m0/s1. The van der Waals surface area contributed by atoms with Crippen molar-refractivity contribution in [2.75, 3.05) is 26.2 Å². The Hall–Kier alpha value is -0.570. The summed E-state index contributed by atoms with van der Waals surface area (Å²) in [6.45, 7) is 14.1. The molecule has 0 spiro atoms. The van der Waals surface area contributed by atoms with Gasteiger partial charge in [0.05, 0.1) is 6.54 Å². The van der Waals surface area contributed by atoms with E-state index in [0.717, 1.165) is 26.1 Å². The summed E-state index contributed by atoms with van der Waals surface area (Å²) in [7, 11) is 0. The number of hydrogen-bond acceptors (Lipinski definition) is 2. The smallest absolute Gasteiger partial charge is 0.236 e. The first-order valence-electron chi connectivity index (χ1n) is 9.62. The van der Waals surface area contributed by atoms with E-state index >= 15 is 0 Å². The van der Waals surface area contributed by atoms with Crippen molar-refractivity contribution >= 4 is 5.91 Å². The first-order chi connectivity index (χ1) is 10.6. The lowest BCUT2D eigenvalue weighted by atomic mass is 10.0. The lowest BCUT2D eigenvalue weighted by Crippen LogP contribution is -2.44. The molecule has 0 bridgehead atoms. The van der Waals surface area contributed by atoms with E-state index in [4.69, 9.17) is 0 Å². The molecule has 0 fully saturated rings. The number of amides is 1. The van der Waals surface area contributed by atoms with Crippen LogP contribution in [0.15, 0.2) is 0 Å². The zero-order valence-electron chi connectivity index (χ0n) is 15.9. The molecule has 0 aromatic carbocycles. The van der Waals surface area contributed by atoms with Crippen molar-refractivity contribution in [2.45, 2.75) is 92.0 Å². The van der Waals surface area contributed by atoms with Gasteiger partial charge in [-0.25, -0.2) is 0 Å². The predicted molar refractivity (Wildman–Crippen MR) is 97.2 cm³/mol. The van der Waals surface area contributed by atoms with Gasteiger partial charge in [0, 0.05) is 12.6 Å². The zero-order chi connectivity index (χ0) is 16.8. The maximum atomic E-state index is 12.4. The Balaban J connectivity index is 3.98. The fourth-order valence-corrected chi connectivity index (χ4v) is 3.02. The van der Waals surface area contributed by atoms with Gasteiger partial charge in [-0.2, -0.15) is 0 Å². The van der Waals surface area contributed by atoms with Crippen molar-refractivity contribution in [3.8, 4) is 0 Å².